The number of aryl methyl sites for hydroxylation is 2. The molecule has 0 N–H and O–H groups in total. The van der Waals surface area contributed by atoms with Gasteiger partial charge < -0.3 is 8.83 Å². The first kappa shape index (κ1) is 14.0. The molecule has 0 aliphatic carbocycles. The molecule has 3 heteroatoms. The molecule has 0 unspecified atom stereocenters. The lowest BCUT2D eigenvalue weighted by atomic mass is 9.99. The number of furan rings is 2. The molecule has 3 nitrogen and oxygen atoms in total. The summed E-state index contributed by atoms with van der Waals surface area (Å²) >= 11 is 0. The monoisotopic (exact) mass is 445 g/mol. The molecule has 3 aromatic heterocycles. The Labute approximate surface area is 204 Å². The van der Waals surface area contributed by atoms with Gasteiger partial charge in [0.2, 0.25) is 0 Å². The van der Waals surface area contributed by atoms with Crippen LogP contribution in [-0.2, 0) is 0 Å². The number of pyridine rings is 1. The average molecular weight is 446 g/mol. The van der Waals surface area contributed by atoms with Crippen molar-refractivity contribution >= 4 is 43.9 Å². The number of hydrogen-bond acceptors (Lipinski definition) is 3. The Morgan fingerprint density at radius 3 is 1.91 bits per heavy atom. The first-order valence-electron chi connectivity index (χ1n) is 14.0. The molecule has 4 aromatic carbocycles. The van der Waals surface area contributed by atoms with Crippen molar-refractivity contribution in [3.8, 4) is 22.4 Å². The largest absolute Gasteiger partial charge is 0.455 e. The van der Waals surface area contributed by atoms with Gasteiger partial charge in [-0.2, -0.15) is 0 Å². The van der Waals surface area contributed by atoms with Crippen molar-refractivity contribution in [1.82, 2.24) is 4.98 Å². The van der Waals surface area contributed by atoms with E-state index in [0.717, 1.165) is 50.0 Å². The highest BCUT2D eigenvalue weighted by Gasteiger charge is 2.19. The van der Waals surface area contributed by atoms with E-state index >= 15 is 0 Å². The van der Waals surface area contributed by atoms with E-state index in [2.05, 4.69) is 4.98 Å². The highest BCUT2D eigenvalue weighted by molar-refractivity contribution is 6.16. The van der Waals surface area contributed by atoms with Crippen LogP contribution < -0.4 is 0 Å². The van der Waals surface area contributed by atoms with Gasteiger partial charge in [-0.05, 0) is 43.0 Å². The first-order chi connectivity index (χ1) is 19.1. The fraction of sp³-hybridized carbons (Fsp3) is 0.0645. The number of aromatic nitrogens is 1. The van der Waals surface area contributed by atoms with Crippen LogP contribution in [0.15, 0.2) is 100.0 Å². The molecule has 0 saturated carbocycles. The van der Waals surface area contributed by atoms with Gasteiger partial charge in [-0.25, -0.2) is 0 Å². The summed E-state index contributed by atoms with van der Waals surface area (Å²) < 4.78 is 60.1. The summed E-state index contributed by atoms with van der Waals surface area (Å²) in [5.41, 5.74) is 4.89. The Morgan fingerprint density at radius 2 is 1.18 bits per heavy atom. The maximum Gasteiger partial charge on any atom is 0.144 e. The third-order valence-electron chi connectivity index (χ3n) is 6.40. The SMILES string of the molecule is [2H]C([2H])([2H])c1cnc(-c2cccc3c2oc2c(-c4cccc5c4oc4ccccc45)cccc23)cc1C([2H])([2H])[2H]. The Bertz CT molecular complexity index is 2100. The molecule has 34 heavy (non-hydrogen) atoms. The zero-order valence-electron chi connectivity index (χ0n) is 23.9. The predicted molar refractivity (Wildman–Crippen MR) is 139 cm³/mol. The number of para-hydroxylation sites is 4. The Morgan fingerprint density at radius 1 is 0.588 bits per heavy atom. The molecule has 7 aromatic rings. The molecule has 0 amide bonds. The normalized spacial score (nSPS) is 15.2. The van der Waals surface area contributed by atoms with E-state index in [-0.39, 0.29) is 11.1 Å². The van der Waals surface area contributed by atoms with E-state index < -0.39 is 13.7 Å². The summed E-state index contributed by atoms with van der Waals surface area (Å²) in [6.07, 6.45) is 1.14. The van der Waals surface area contributed by atoms with Gasteiger partial charge in [-0.1, -0.05) is 66.7 Å². The van der Waals surface area contributed by atoms with Gasteiger partial charge in [0.05, 0.1) is 5.69 Å². The van der Waals surface area contributed by atoms with Crippen LogP contribution in [-0.4, -0.2) is 4.98 Å². The summed E-state index contributed by atoms with van der Waals surface area (Å²) in [5.74, 6) is 0. The highest BCUT2D eigenvalue weighted by Crippen LogP contribution is 2.42. The van der Waals surface area contributed by atoms with Crippen LogP contribution in [0.4, 0.5) is 0 Å². The third-order valence-corrected chi connectivity index (χ3v) is 6.40. The zero-order valence-corrected chi connectivity index (χ0v) is 17.9. The van der Waals surface area contributed by atoms with Gasteiger partial charge in [-0.15, -0.1) is 0 Å². The fourth-order valence-electron chi connectivity index (χ4n) is 4.80. The number of rotatable bonds is 2. The van der Waals surface area contributed by atoms with Crippen molar-refractivity contribution in [2.24, 2.45) is 0 Å². The summed E-state index contributed by atoms with van der Waals surface area (Å²) in [6.45, 7) is -5.23. The smallest absolute Gasteiger partial charge is 0.144 e. The standard InChI is InChI=1S/C31H21NO2/c1-18-16-27(32-17-19(18)2)26-14-7-13-25-24-12-6-11-23(30(24)34-31(25)26)22-10-5-9-21-20-8-3-4-15-28(20)33-29(21)22/h3-17H,1-2H3/i1D3,2D3. The second-order valence-electron chi connectivity index (χ2n) is 8.36. The first-order valence-corrected chi connectivity index (χ1v) is 11.0. The van der Waals surface area contributed by atoms with Gasteiger partial charge in [0, 0.05) is 52.7 Å². The van der Waals surface area contributed by atoms with Gasteiger partial charge in [0.25, 0.3) is 0 Å². The summed E-state index contributed by atoms with van der Waals surface area (Å²) in [6, 6.07) is 26.8. The Hall–Kier alpha value is -4.37. The van der Waals surface area contributed by atoms with Crippen LogP contribution in [0.25, 0.3) is 66.3 Å². The van der Waals surface area contributed by atoms with Gasteiger partial charge >= 0.3 is 0 Å². The molecular weight excluding hydrogens is 418 g/mol. The van der Waals surface area contributed by atoms with Crippen molar-refractivity contribution in [2.75, 3.05) is 0 Å². The minimum atomic E-state index is -2.62. The number of benzene rings is 4. The number of nitrogens with zero attached hydrogens (tertiary/aromatic N) is 1. The highest BCUT2D eigenvalue weighted by atomic mass is 16.3. The van der Waals surface area contributed by atoms with Crippen LogP contribution in [0.3, 0.4) is 0 Å². The summed E-state index contributed by atoms with van der Waals surface area (Å²) in [5, 5.41) is 3.77. The average Bonchev–Trinajstić information content (AvgIpc) is 3.50. The Kier molecular flexibility index (Phi) is 2.91. The van der Waals surface area contributed by atoms with Crippen LogP contribution in [0.1, 0.15) is 19.4 Å². The molecule has 7 rings (SSSR count). The molecule has 0 aliphatic heterocycles. The molecule has 0 radical (unpaired) electrons. The van der Waals surface area contributed by atoms with Crippen molar-refractivity contribution in [3.63, 3.8) is 0 Å². The molecule has 0 spiro atoms. The second-order valence-corrected chi connectivity index (χ2v) is 8.36. The van der Waals surface area contributed by atoms with Gasteiger partial charge in [0.1, 0.15) is 22.3 Å². The number of hydrogen-bond donors (Lipinski definition) is 0. The van der Waals surface area contributed by atoms with Crippen LogP contribution >= 0.6 is 0 Å². The molecular formula is C31H21NO2. The maximum absolute atomic E-state index is 7.96. The predicted octanol–water partition coefficient (Wildman–Crippen LogP) is 8.83. The minimum absolute atomic E-state index is 0.247. The van der Waals surface area contributed by atoms with E-state index in [1.807, 2.05) is 72.8 Å². The lowest BCUT2D eigenvalue weighted by Gasteiger charge is -2.05. The quantitative estimate of drug-likeness (QED) is 0.267. The lowest BCUT2D eigenvalue weighted by molar-refractivity contribution is 0.665. The summed E-state index contributed by atoms with van der Waals surface area (Å²) in [4.78, 5) is 4.37. The summed E-state index contributed by atoms with van der Waals surface area (Å²) in [7, 11) is 0. The maximum atomic E-state index is 7.96. The zero-order chi connectivity index (χ0) is 27.8. The molecule has 0 saturated heterocycles. The number of fused-ring (bicyclic) bond motifs is 6. The second kappa shape index (κ2) is 7.06. The van der Waals surface area contributed by atoms with Crippen LogP contribution in [0.5, 0.6) is 0 Å². The topological polar surface area (TPSA) is 39.2 Å². The molecule has 3 heterocycles. The van der Waals surface area contributed by atoms with Crippen LogP contribution in [0.2, 0.25) is 0 Å². The molecule has 0 atom stereocenters. The van der Waals surface area contributed by atoms with Crippen molar-refractivity contribution in [2.45, 2.75) is 13.7 Å². The van der Waals surface area contributed by atoms with Crippen molar-refractivity contribution < 1.29 is 17.1 Å². The lowest BCUT2D eigenvalue weighted by Crippen LogP contribution is -1.88. The Balaban J connectivity index is 1.48. The van der Waals surface area contributed by atoms with Crippen molar-refractivity contribution in [3.05, 3.63) is 102 Å². The van der Waals surface area contributed by atoms with Crippen LogP contribution in [0, 0.1) is 13.7 Å². The molecule has 0 bridgehead atoms. The van der Waals surface area contributed by atoms with E-state index in [0.29, 0.717) is 22.4 Å². The van der Waals surface area contributed by atoms with E-state index in [4.69, 9.17) is 17.1 Å². The van der Waals surface area contributed by atoms with E-state index in [1.54, 1.807) is 6.07 Å². The third kappa shape index (κ3) is 2.67. The minimum Gasteiger partial charge on any atom is -0.455 e. The molecule has 162 valence electrons. The van der Waals surface area contributed by atoms with E-state index in [9.17, 15) is 0 Å². The molecule has 0 fully saturated rings. The molecule has 0 aliphatic rings. The van der Waals surface area contributed by atoms with Crippen molar-refractivity contribution in [1.29, 1.82) is 0 Å². The van der Waals surface area contributed by atoms with Gasteiger partial charge in [0.15, 0.2) is 0 Å². The van der Waals surface area contributed by atoms with Gasteiger partial charge in [-0.3, -0.25) is 4.98 Å². The fourth-order valence-corrected chi connectivity index (χ4v) is 4.80. The van der Waals surface area contributed by atoms with E-state index in [1.165, 1.54) is 6.07 Å².